The molecule has 1 atom stereocenters. The second kappa shape index (κ2) is 9.77. The molecule has 10 nitrogen and oxygen atoms in total. The van der Waals surface area contributed by atoms with Gasteiger partial charge in [-0.25, -0.2) is 10.8 Å². The fourth-order valence-electron chi connectivity index (χ4n) is 4.57. The minimum atomic E-state index is -0.363. The highest BCUT2D eigenvalue weighted by atomic mass is 16.5. The van der Waals surface area contributed by atoms with Crippen molar-refractivity contribution in [1.82, 2.24) is 25.1 Å². The van der Waals surface area contributed by atoms with Crippen molar-refractivity contribution in [2.75, 3.05) is 12.3 Å². The van der Waals surface area contributed by atoms with Gasteiger partial charge in [-0.15, -0.1) is 0 Å². The van der Waals surface area contributed by atoms with E-state index in [0.717, 1.165) is 53.9 Å². The summed E-state index contributed by atoms with van der Waals surface area (Å²) in [6.45, 7) is 2.47. The molecule has 1 aliphatic carbocycles. The van der Waals surface area contributed by atoms with E-state index in [1.54, 1.807) is 6.07 Å². The van der Waals surface area contributed by atoms with Crippen molar-refractivity contribution < 1.29 is 9.53 Å². The van der Waals surface area contributed by atoms with Gasteiger partial charge in [0.1, 0.15) is 11.5 Å². The summed E-state index contributed by atoms with van der Waals surface area (Å²) in [6.07, 6.45) is 5.90. The van der Waals surface area contributed by atoms with Crippen LogP contribution in [-0.4, -0.2) is 32.3 Å². The number of hydrazine groups is 1. The molecular weight excluding hydrogens is 444 g/mol. The molecule has 3 heterocycles. The maximum absolute atomic E-state index is 12.6. The Labute approximate surface area is 203 Å². The van der Waals surface area contributed by atoms with Crippen LogP contribution < -0.4 is 22.6 Å². The van der Waals surface area contributed by atoms with Crippen molar-refractivity contribution in [1.29, 1.82) is 0 Å². The molecule has 5 rings (SSSR count). The summed E-state index contributed by atoms with van der Waals surface area (Å²) in [4.78, 5) is 16.9. The van der Waals surface area contributed by atoms with Crippen LogP contribution in [0, 0.1) is 0 Å². The number of hydrogen-bond donors (Lipinski definition) is 4. The van der Waals surface area contributed by atoms with Gasteiger partial charge in [-0.2, -0.15) is 5.10 Å². The largest absolute Gasteiger partial charge is 0.393 e. The molecule has 0 spiro atoms. The number of carbonyl (C=O) groups excluding carboxylic acids is 1. The van der Waals surface area contributed by atoms with E-state index in [9.17, 15) is 4.79 Å². The maximum Gasteiger partial charge on any atom is 0.269 e. The molecule has 0 fully saturated rings. The summed E-state index contributed by atoms with van der Waals surface area (Å²) in [6, 6.07) is 11.6. The van der Waals surface area contributed by atoms with Gasteiger partial charge in [-0.05, 0) is 35.6 Å². The highest BCUT2D eigenvalue weighted by Crippen LogP contribution is 2.30. The van der Waals surface area contributed by atoms with Gasteiger partial charge in [0.25, 0.3) is 5.91 Å². The number of aromatic nitrogens is 3. The fraction of sp³-hybridized carbons (Fsp3) is 0.320. The van der Waals surface area contributed by atoms with Gasteiger partial charge in [0.15, 0.2) is 0 Å². The van der Waals surface area contributed by atoms with Gasteiger partial charge in [0.2, 0.25) is 0 Å². The number of pyridine rings is 1. The van der Waals surface area contributed by atoms with E-state index in [4.69, 9.17) is 22.0 Å². The van der Waals surface area contributed by atoms with Gasteiger partial charge >= 0.3 is 0 Å². The second-order valence-electron chi connectivity index (χ2n) is 9.01. The van der Waals surface area contributed by atoms with Crippen LogP contribution in [0.3, 0.4) is 0 Å². The van der Waals surface area contributed by atoms with E-state index < -0.39 is 0 Å². The van der Waals surface area contributed by atoms with Crippen LogP contribution in [0.4, 0.5) is 5.82 Å². The van der Waals surface area contributed by atoms with E-state index in [1.807, 2.05) is 22.9 Å². The van der Waals surface area contributed by atoms with E-state index in [0.29, 0.717) is 25.5 Å². The lowest BCUT2D eigenvalue weighted by molar-refractivity contribution is -0.118. The Bertz CT molecular complexity index is 1230. The van der Waals surface area contributed by atoms with Gasteiger partial charge < -0.3 is 26.5 Å². The van der Waals surface area contributed by atoms with Crippen LogP contribution in [0.15, 0.2) is 54.5 Å². The van der Waals surface area contributed by atoms with Crippen molar-refractivity contribution in [2.24, 2.45) is 11.6 Å². The summed E-state index contributed by atoms with van der Waals surface area (Å²) in [5.74, 6) is 6.23. The number of anilines is 1. The van der Waals surface area contributed by atoms with Gasteiger partial charge in [0, 0.05) is 30.1 Å². The molecule has 10 heteroatoms. The number of nitrogens with two attached hydrogens (primary N) is 3. The smallest absolute Gasteiger partial charge is 0.269 e. The lowest BCUT2D eigenvalue weighted by atomic mass is 10.1. The molecule has 0 saturated carbocycles. The Kier molecular flexibility index (Phi) is 6.39. The van der Waals surface area contributed by atoms with Crippen molar-refractivity contribution in [3.63, 3.8) is 0 Å². The quantitative estimate of drug-likeness (QED) is 0.227. The number of nitrogens with zero attached hydrogens (tertiary/aromatic N) is 4. The first-order valence-electron chi connectivity index (χ1n) is 11.7. The van der Waals surface area contributed by atoms with Crippen LogP contribution >= 0.6 is 0 Å². The molecule has 2 aliphatic rings. The first-order valence-corrected chi connectivity index (χ1v) is 11.7. The van der Waals surface area contributed by atoms with Crippen molar-refractivity contribution in [3.05, 3.63) is 88.1 Å². The molecule has 3 aromatic rings. The van der Waals surface area contributed by atoms with E-state index in [2.05, 4.69) is 33.7 Å². The number of ether oxygens (including phenoxy) is 1. The summed E-state index contributed by atoms with van der Waals surface area (Å²) in [5, 5.41) is 9.03. The van der Waals surface area contributed by atoms with Crippen molar-refractivity contribution >= 4 is 11.7 Å². The molecule has 0 saturated heterocycles. The molecule has 7 N–H and O–H groups in total. The predicted molar refractivity (Wildman–Crippen MR) is 131 cm³/mol. The molecule has 1 amide bonds. The van der Waals surface area contributed by atoms with Gasteiger partial charge in [-0.3, -0.25) is 9.48 Å². The van der Waals surface area contributed by atoms with E-state index in [1.165, 1.54) is 16.8 Å². The van der Waals surface area contributed by atoms with Crippen LogP contribution in [0.1, 0.15) is 46.1 Å². The number of fused-ring (bicyclic) bond motifs is 2. The Morgan fingerprint density at radius 2 is 1.97 bits per heavy atom. The number of aryl methyl sites for hydroxylation is 1. The number of hydrogen-bond acceptors (Lipinski definition) is 8. The molecule has 182 valence electrons. The molecule has 0 bridgehead atoms. The lowest BCUT2D eigenvalue weighted by Crippen LogP contribution is -2.34. The van der Waals surface area contributed by atoms with Gasteiger partial charge in [0.05, 0.1) is 38.0 Å². The fourth-order valence-corrected chi connectivity index (χ4v) is 4.57. The normalized spacial score (nSPS) is 17.1. The average Bonchev–Trinajstić information content (AvgIpc) is 3.43. The molecule has 1 aromatic carbocycles. The molecule has 2 aromatic heterocycles. The summed E-state index contributed by atoms with van der Waals surface area (Å²) < 4.78 is 7.45. The Hall–Kier alpha value is -3.89. The summed E-state index contributed by atoms with van der Waals surface area (Å²) in [7, 11) is 0. The van der Waals surface area contributed by atoms with Crippen molar-refractivity contribution in [3.8, 4) is 0 Å². The van der Waals surface area contributed by atoms with Crippen LogP contribution in [0.25, 0.3) is 0 Å². The highest BCUT2D eigenvalue weighted by molar-refractivity contribution is 5.92. The SMILES string of the molecule is N/C(=C\N(N)Cc1ccc(Cn2cc3c(n2)CCOC3)cc1)C(=O)NC1CCc2nc(N)ccc21. The standard InChI is InChI=1S/C25H30N8O2/c26-20(25(34)30-23-7-6-22-19(23)5-8-24(27)29-22)14-32(28)11-16-1-3-17(4-2-16)12-33-13-18-15-35-10-9-21(18)31-33/h1-5,8,13-14,23H,6-7,9-12,15,26,28H2,(H2,27,29)(H,30,34)/b20-14-. The molecule has 1 unspecified atom stereocenters. The van der Waals surface area contributed by atoms with Gasteiger partial charge in [-0.1, -0.05) is 30.3 Å². The lowest BCUT2D eigenvalue weighted by Gasteiger charge is -2.17. The zero-order valence-electron chi connectivity index (χ0n) is 19.5. The Morgan fingerprint density at radius 1 is 1.17 bits per heavy atom. The first-order chi connectivity index (χ1) is 16.9. The monoisotopic (exact) mass is 474 g/mol. The van der Waals surface area contributed by atoms with Crippen LogP contribution in [0.5, 0.6) is 0 Å². The minimum Gasteiger partial charge on any atom is -0.393 e. The predicted octanol–water partition coefficient (Wildman–Crippen LogP) is 1.26. The van der Waals surface area contributed by atoms with E-state index >= 15 is 0 Å². The first kappa shape index (κ1) is 22.9. The zero-order valence-corrected chi connectivity index (χ0v) is 19.5. The third kappa shape index (κ3) is 5.28. The topological polar surface area (TPSA) is 150 Å². The summed E-state index contributed by atoms with van der Waals surface area (Å²) >= 11 is 0. The number of amides is 1. The second-order valence-corrected chi connectivity index (χ2v) is 9.01. The van der Waals surface area contributed by atoms with E-state index in [-0.39, 0.29) is 17.6 Å². The maximum atomic E-state index is 12.6. The third-order valence-corrected chi connectivity index (χ3v) is 6.35. The Balaban J connectivity index is 1.15. The number of nitrogen functional groups attached to an aromatic ring is 1. The molecule has 1 aliphatic heterocycles. The molecule has 35 heavy (non-hydrogen) atoms. The number of nitrogens with one attached hydrogen (secondary N) is 1. The number of benzene rings is 1. The van der Waals surface area contributed by atoms with Crippen LogP contribution in [-0.2, 0) is 42.1 Å². The number of rotatable bonds is 7. The molecule has 0 radical (unpaired) electrons. The average molecular weight is 475 g/mol. The Morgan fingerprint density at radius 3 is 2.77 bits per heavy atom. The highest BCUT2D eigenvalue weighted by Gasteiger charge is 2.25. The number of carbonyl (C=O) groups is 1. The van der Waals surface area contributed by atoms with Crippen molar-refractivity contribution in [2.45, 2.75) is 45.0 Å². The molecular formula is C25H30N8O2. The summed E-state index contributed by atoms with van der Waals surface area (Å²) in [5.41, 5.74) is 18.1. The third-order valence-electron chi connectivity index (χ3n) is 6.35. The minimum absolute atomic E-state index is 0.0487. The zero-order chi connectivity index (χ0) is 24.4. The van der Waals surface area contributed by atoms with Crippen LogP contribution in [0.2, 0.25) is 0 Å².